The van der Waals surface area contributed by atoms with Crippen LogP contribution in [0.1, 0.15) is 28.4 Å². The monoisotopic (exact) mass is 554 g/mol. The van der Waals surface area contributed by atoms with Crippen molar-refractivity contribution < 1.29 is 27.5 Å². The lowest BCUT2D eigenvalue weighted by atomic mass is 10.1. The average molecular weight is 555 g/mol. The van der Waals surface area contributed by atoms with Gasteiger partial charge in [-0.2, -0.15) is 13.2 Å². The molecular weight excluding hydrogens is 529 g/mol. The van der Waals surface area contributed by atoms with Crippen molar-refractivity contribution in [2.24, 2.45) is 0 Å². The Hall–Kier alpha value is -4.71. The molecular formula is C28H25F3N4O5. The predicted octanol–water partition coefficient (Wildman–Crippen LogP) is 4.72. The lowest BCUT2D eigenvalue weighted by Crippen LogP contribution is -2.41. The second-order valence-electron chi connectivity index (χ2n) is 8.96. The summed E-state index contributed by atoms with van der Waals surface area (Å²) in [5, 5.41) is 5.35. The molecule has 1 heterocycles. The Morgan fingerprint density at radius 1 is 0.900 bits per heavy atom. The van der Waals surface area contributed by atoms with E-state index in [2.05, 4.69) is 10.6 Å². The van der Waals surface area contributed by atoms with E-state index in [0.717, 1.165) is 16.7 Å². The van der Waals surface area contributed by atoms with Crippen LogP contribution in [0.25, 0.3) is 10.9 Å². The third-order valence-electron chi connectivity index (χ3n) is 6.15. The highest BCUT2D eigenvalue weighted by molar-refractivity contribution is 6.02. The van der Waals surface area contributed by atoms with Gasteiger partial charge in [-0.25, -0.2) is 9.59 Å². The maximum atomic E-state index is 13.3. The van der Waals surface area contributed by atoms with Gasteiger partial charge in [-0.05, 0) is 55.0 Å². The second kappa shape index (κ2) is 11.6. The number of nitrogens with one attached hydrogen (secondary N) is 2. The Balaban J connectivity index is 1.69. The van der Waals surface area contributed by atoms with Crippen LogP contribution in [-0.2, 0) is 24.0 Å². The first-order valence-corrected chi connectivity index (χ1v) is 12.1. The van der Waals surface area contributed by atoms with Gasteiger partial charge in [0, 0.05) is 24.0 Å². The molecule has 0 aliphatic heterocycles. The Morgan fingerprint density at radius 3 is 2.20 bits per heavy atom. The lowest BCUT2D eigenvalue weighted by molar-refractivity contribution is -0.137. The van der Waals surface area contributed by atoms with Crippen LogP contribution >= 0.6 is 0 Å². The van der Waals surface area contributed by atoms with Gasteiger partial charge in [0.05, 0.1) is 36.2 Å². The van der Waals surface area contributed by atoms with Crippen molar-refractivity contribution in [2.75, 3.05) is 24.4 Å². The molecule has 0 saturated heterocycles. The van der Waals surface area contributed by atoms with E-state index in [9.17, 15) is 32.3 Å². The number of hydrogen-bond donors (Lipinski definition) is 2. The number of fused-ring (bicyclic) bond motifs is 1. The average Bonchev–Trinajstić information content (AvgIpc) is 2.91. The van der Waals surface area contributed by atoms with E-state index in [1.165, 1.54) is 55.0 Å². The molecule has 0 fully saturated rings. The van der Waals surface area contributed by atoms with Crippen LogP contribution in [-0.4, -0.2) is 34.7 Å². The standard InChI is InChI=1S/C28H25F3N4O5/c1-17(36)19-4-3-5-21(14-19)32-26(38)33-22-10-11-24-23(15-22)25(37)34(12-13-40-2)27(39)35(24)16-18-6-8-20(9-7-18)28(29,30)31/h3-11,14-15H,12-13,16H2,1-2H3,(H2,32,33,38). The topological polar surface area (TPSA) is 111 Å². The molecule has 0 aliphatic carbocycles. The summed E-state index contributed by atoms with van der Waals surface area (Å²) in [5.41, 5.74) is -0.364. The van der Waals surface area contributed by atoms with E-state index < -0.39 is 29.0 Å². The highest BCUT2D eigenvalue weighted by atomic mass is 19.4. The van der Waals surface area contributed by atoms with Crippen LogP contribution in [0.15, 0.2) is 76.3 Å². The first-order valence-electron chi connectivity index (χ1n) is 12.1. The van der Waals surface area contributed by atoms with E-state index in [-0.39, 0.29) is 42.1 Å². The van der Waals surface area contributed by atoms with Crippen molar-refractivity contribution in [3.8, 4) is 0 Å². The van der Waals surface area contributed by atoms with Crippen LogP contribution in [0.4, 0.5) is 29.3 Å². The number of carbonyl (C=O) groups excluding carboxylic acids is 2. The van der Waals surface area contributed by atoms with Crippen molar-refractivity contribution in [2.45, 2.75) is 26.2 Å². The van der Waals surface area contributed by atoms with Crippen LogP contribution in [0.2, 0.25) is 0 Å². The van der Waals surface area contributed by atoms with Gasteiger partial charge in [0.1, 0.15) is 0 Å². The van der Waals surface area contributed by atoms with Gasteiger partial charge in [-0.15, -0.1) is 0 Å². The molecule has 0 bridgehead atoms. The number of alkyl halides is 3. The summed E-state index contributed by atoms with van der Waals surface area (Å²) in [5.74, 6) is -0.161. The minimum Gasteiger partial charge on any atom is -0.383 e. The fraction of sp³-hybridized carbons (Fsp3) is 0.214. The molecule has 0 atom stereocenters. The zero-order valence-electron chi connectivity index (χ0n) is 21.5. The molecule has 3 aromatic carbocycles. The first kappa shape index (κ1) is 28.3. The van der Waals surface area contributed by atoms with Crippen LogP contribution in [0.5, 0.6) is 0 Å². The maximum absolute atomic E-state index is 13.3. The number of urea groups is 1. The minimum atomic E-state index is -4.50. The van der Waals surface area contributed by atoms with E-state index in [1.807, 2.05) is 0 Å². The molecule has 0 aliphatic rings. The summed E-state index contributed by atoms with van der Waals surface area (Å²) < 4.78 is 46.2. The summed E-state index contributed by atoms with van der Waals surface area (Å²) in [7, 11) is 1.42. The van der Waals surface area contributed by atoms with Gasteiger partial charge < -0.3 is 15.4 Å². The third kappa shape index (κ3) is 6.29. The molecule has 0 radical (unpaired) electrons. The number of methoxy groups -OCH3 is 1. The normalized spacial score (nSPS) is 11.4. The Labute approximate surface area is 225 Å². The predicted molar refractivity (Wildman–Crippen MR) is 144 cm³/mol. The van der Waals surface area contributed by atoms with Gasteiger partial charge in [0.2, 0.25) is 0 Å². The fourth-order valence-corrected chi connectivity index (χ4v) is 4.13. The smallest absolute Gasteiger partial charge is 0.383 e. The molecule has 4 rings (SSSR count). The van der Waals surface area contributed by atoms with Crippen molar-refractivity contribution in [1.82, 2.24) is 9.13 Å². The summed E-state index contributed by atoms with van der Waals surface area (Å²) >= 11 is 0. The molecule has 208 valence electrons. The number of hydrogen-bond acceptors (Lipinski definition) is 5. The SMILES string of the molecule is COCCn1c(=O)c2cc(NC(=O)Nc3cccc(C(C)=O)c3)ccc2n(Cc2ccc(C(F)(F)F)cc2)c1=O. The lowest BCUT2D eigenvalue weighted by Gasteiger charge is -2.16. The summed E-state index contributed by atoms with van der Waals surface area (Å²) in [6.45, 7) is 1.33. The number of amides is 2. The molecule has 0 saturated carbocycles. The van der Waals surface area contributed by atoms with Crippen molar-refractivity contribution in [3.63, 3.8) is 0 Å². The first-order chi connectivity index (χ1) is 19.0. The summed E-state index contributed by atoms with van der Waals surface area (Å²) in [4.78, 5) is 50.7. The second-order valence-corrected chi connectivity index (χ2v) is 8.96. The zero-order valence-corrected chi connectivity index (χ0v) is 21.5. The highest BCUT2D eigenvalue weighted by Gasteiger charge is 2.30. The molecule has 0 spiro atoms. The Bertz CT molecular complexity index is 1690. The van der Waals surface area contributed by atoms with Crippen molar-refractivity contribution in [3.05, 3.63) is 104 Å². The fourth-order valence-electron chi connectivity index (χ4n) is 4.13. The summed E-state index contributed by atoms with van der Waals surface area (Å²) in [6, 6.07) is 14.5. The van der Waals surface area contributed by atoms with Gasteiger partial charge in [0.15, 0.2) is 5.78 Å². The number of anilines is 2. The molecule has 4 aromatic rings. The van der Waals surface area contributed by atoms with Crippen molar-refractivity contribution >= 4 is 34.1 Å². The van der Waals surface area contributed by atoms with E-state index in [1.54, 1.807) is 18.2 Å². The van der Waals surface area contributed by atoms with Crippen LogP contribution < -0.4 is 21.9 Å². The van der Waals surface area contributed by atoms with Gasteiger partial charge >= 0.3 is 17.9 Å². The Morgan fingerprint density at radius 2 is 1.57 bits per heavy atom. The number of carbonyl (C=O) groups is 2. The summed E-state index contributed by atoms with van der Waals surface area (Å²) in [6.07, 6.45) is -4.50. The van der Waals surface area contributed by atoms with Gasteiger partial charge in [-0.1, -0.05) is 24.3 Å². The molecule has 1 aromatic heterocycles. The number of Topliss-reactive ketones (excluding diaryl/α,β-unsaturated/α-hetero) is 1. The molecule has 0 unspecified atom stereocenters. The molecule has 12 heteroatoms. The molecule has 2 N–H and O–H groups in total. The van der Waals surface area contributed by atoms with Crippen LogP contribution in [0, 0.1) is 0 Å². The van der Waals surface area contributed by atoms with Gasteiger partial charge in [-0.3, -0.25) is 18.7 Å². The zero-order chi connectivity index (χ0) is 29.0. The highest BCUT2D eigenvalue weighted by Crippen LogP contribution is 2.29. The number of halogens is 3. The minimum absolute atomic E-state index is 0.0538. The number of ketones is 1. The van der Waals surface area contributed by atoms with E-state index >= 15 is 0 Å². The van der Waals surface area contributed by atoms with Gasteiger partial charge in [0.25, 0.3) is 5.56 Å². The number of benzene rings is 3. The quantitative estimate of drug-likeness (QED) is 0.306. The number of nitrogens with zero attached hydrogens (tertiary/aromatic N) is 2. The largest absolute Gasteiger partial charge is 0.416 e. The third-order valence-corrected chi connectivity index (χ3v) is 6.15. The molecule has 40 heavy (non-hydrogen) atoms. The van der Waals surface area contributed by atoms with Crippen LogP contribution in [0.3, 0.4) is 0 Å². The number of ether oxygens (including phenoxy) is 1. The molecule has 2 amide bonds. The number of aromatic nitrogens is 2. The van der Waals surface area contributed by atoms with E-state index in [0.29, 0.717) is 16.8 Å². The Kier molecular flexibility index (Phi) is 8.19. The van der Waals surface area contributed by atoms with E-state index in [4.69, 9.17) is 4.74 Å². The molecule has 9 nitrogen and oxygen atoms in total. The number of rotatable bonds is 8. The van der Waals surface area contributed by atoms with Crippen molar-refractivity contribution in [1.29, 1.82) is 0 Å². The maximum Gasteiger partial charge on any atom is 0.416 e.